The van der Waals surface area contributed by atoms with E-state index in [2.05, 4.69) is 22.4 Å². The number of likely N-dealkylation sites (N-methyl/N-ethyl adjacent to an activating group) is 1. The normalized spacial score (nSPS) is 21.6. The molecule has 90 valence electrons. The zero-order valence-electron chi connectivity index (χ0n) is 10.3. The Balaban J connectivity index is 1.99. The van der Waals surface area contributed by atoms with Gasteiger partial charge in [0, 0.05) is 19.6 Å². The van der Waals surface area contributed by atoms with Gasteiger partial charge in [-0.3, -0.25) is 4.68 Å². The highest BCUT2D eigenvalue weighted by Gasteiger charge is 2.21. The van der Waals surface area contributed by atoms with Crippen molar-refractivity contribution in [2.75, 3.05) is 31.2 Å². The fourth-order valence-electron chi connectivity index (χ4n) is 2.34. The van der Waals surface area contributed by atoms with E-state index in [0.717, 1.165) is 23.7 Å². The molecule has 1 aliphatic rings. The summed E-state index contributed by atoms with van der Waals surface area (Å²) >= 11 is 0. The third-order valence-corrected chi connectivity index (χ3v) is 3.45. The lowest BCUT2D eigenvalue weighted by atomic mass is 10.2. The van der Waals surface area contributed by atoms with Gasteiger partial charge in [0.1, 0.15) is 5.82 Å². The van der Waals surface area contributed by atoms with Gasteiger partial charge in [0.15, 0.2) is 0 Å². The molecule has 0 bridgehead atoms. The monoisotopic (exact) mass is 223 g/mol. The number of likely N-dealkylation sites (tertiary alicyclic amines) is 1. The first-order valence-electron chi connectivity index (χ1n) is 5.82. The lowest BCUT2D eigenvalue weighted by Crippen LogP contribution is -2.32. The number of nitrogen functional groups attached to an aromatic ring is 1. The third-order valence-electron chi connectivity index (χ3n) is 3.45. The maximum absolute atomic E-state index is 5.96. The zero-order valence-corrected chi connectivity index (χ0v) is 10.3. The quantitative estimate of drug-likeness (QED) is 0.796. The van der Waals surface area contributed by atoms with Gasteiger partial charge in [-0.25, -0.2) is 0 Å². The average Bonchev–Trinajstić information content (AvgIpc) is 2.72. The largest absolute Gasteiger partial charge is 0.394 e. The minimum atomic E-state index is 0.620. The van der Waals surface area contributed by atoms with Gasteiger partial charge in [-0.05, 0) is 33.4 Å². The molecule has 0 radical (unpaired) electrons. The number of aryl methyl sites for hydroxylation is 2. The molecule has 1 fully saturated rings. The molecule has 3 N–H and O–H groups in total. The molecule has 0 amide bonds. The number of nitrogens with two attached hydrogens (primary N) is 1. The highest BCUT2D eigenvalue weighted by Crippen LogP contribution is 2.22. The van der Waals surface area contributed by atoms with Gasteiger partial charge in [0.25, 0.3) is 0 Å². The van der Waals surface area contributed by atoms with Gasteiger partial charge in [0.2, 0.25) is 0 Å². The standard InChI is InChI=1S/C11H21N5/c1-8-10(12)11(16(3)14-8)13-7-9-5-4-6-15(9)2/h9,13H,4-7,12H2,1-3H3. The molecule has 16 heavy (non-hydrogen) atoms. The summed E-state index contributed by atoms with van der Waals surface area (Å²) in [5, 5.41) is 7.70. The van der Waals surface area contributed by atoms with E-state index in [0.29, 0.717) is 6.04 Å². The molecule has 0 aromatic carbocycles. The summed E-state index contributed by atoms with van der Waals surface area (Å²) in [7, 11) is 4.10. The second kappa shape index (κ2) is 4.33. The summed E-state index contributed by atoms with van der Waals surface area (Å²) in [5.41, 5.74) is 7.62. The Bertz CT molecular complexity index is 371. The van der Waals surface area contributed by atoms with Crippen LogP contribution in [0.4, 0.5) is 11.5 Å². The van der Waals surface area contributed by atoms with Crippen molar-refractivity contribution >= 4 is 11.5 Å². The van der Waals surface area contributed by atoms with Crippen molar-refractivity contribution in [3.05, 3.63) is 5.69 Å². The van der Waals surface area contributed by atoms with Crippen LogP contribution < -0.4 is 11.1 Å². The molecule has 1 unspecified atom stereocenters. The number of rotatable bonds is 3. The molecule has 1 atom stereocenters. The summed E-state index contributed by atoms with van der Waals surface area (Å²) < 4.78 is 1.82. The highest BCUT2D eigenvalue weighted by atomic mass is 15.3. The van der Waals surface area contributed by atoms with E-state index in [1.807, 2.05) is 18.7 Å². The van der Waals surface area contributed by atoms with Crippen LogP contribution in [0.2, 0.25) is 0 Å². The predicted octanol–water partition coefficient (Wildman–Crippen LogP) is 0.817. The maximum Gasteiger partial charge on any atom is 0.147 e. The summed E-state index contributed by atoms with van der Waals surface area (Å²) in [5.74, 6) is 0.942. The molecular formula is C11H21N5. The molecule has 0 aliphatic carbocycles. The van der Waals surface area contributed by atoms with E-state index in [1.165, 1.54) is 19.4 Å². The Hall–Kier alpha value is -1.23. The van der Waals surface area contributed by atoms with Gasteiger partial charge < -0.3 is 16.0 Å². The first-order chi connectivity index (χ1) is 7.59. The number of hydrogen-bond acceptors (Lipinski definition) is 4. The number of nitrogens with one attached hydrogen (secondary N) is 1. The molecule has 1 saturated heterocycles. The smallest absolute Gasteiger partial charge is 0.147 e. The average molecular weight is 223 g/mol. The van der Waals surface area contributed by atoms with Crippen molar-refractivity contribution in [3.8, 4) is 0 Å². The second-order valence-corrected chi connectivity index (χ2v) is 4.63. The fourth-order valence-corrected chi connectivity index (χ4v) is 2.34. The topological polar surface area (TPSA) is 59.1 Å². The van der Waals surface area contributed by atoms with E-state index in [1.54, 1.807) is 0 Å². The van der Waals surface area contributed by atoms with Crippen molar-refractivity contribution in [3.63, 3.8) is 0 Å². The summed E-state index contributed by atoms with van der Waals surface area (Å²) in [6.07, 6.45) is 2.56. The first kappa shape index (κ1) is 11.3. The van der Waals surface area contributed by atoms with Gasteiger partial charge in [-0.1, -0.05) is 0 Å². The van der Waals surface area contributed by atoms with Crippen LogP contribution in [-0.2, 0) is 7.05 Å². The number of nitrogens with zero attached hydrogens (tertiary/aromatic N) is 3. The van der Waals surface area contributed by atoms with E-state index >= 15 is 0 Å². The van der Waals surface area contributed by atoms with Gasteiger partial charge in [-0.15, -0.1) is 0 Å². The van der Waals surface area contributed by atoms with Crippen LogP contribution in [0, 0.1) is 6.92 Å². The van der Waals surface area contributed by atoms with Gasteiger partial charge in [0.05, 0.1) is 11.4 Å². The van der Waals surface area contributed by atoms with Crippen LogP contribution in [0.5, 0.6) is 0 Å². The second-order valence-electron chi connectivity index (χ2n) is 4.63. The Kier molecular flexibility index (Phi) is 3.05. The first-order valence-corrected chi connectivity index (χ1v) is 5.82. The lowest BCUT2D eigenvalue weighted by molar-refractivity contribution is 0.322. The van der Waals surface area contributed by atoms with E-state index in [4.69, 9.17) is 5.73 Å². The Morgan fingerprint density at radius 2 is 2.25 bits per heavy atom. The van der Waals surface area contributed by atoms with Gasteiger partial charge >= 0.3 is 0 Å². The molecule has 5 nitrogen and oxygen atoms in total. The minimum absolute atomic E-state index is 0.620. The number of hydrogen-bond donors (Lipinski definition) is 2. The summed E-state index contributed by atoms with van der Waals surface area (Å²) in [6, 6.07) is 0.620. The molecular weight excluding hydrogens is 202 g/mol. The van der Waals surface area contributed by atoms with Crippen LogP contribution in [0.3, 0.4) is 0 Å². The van der Waals surface area contributed by atoms with E-state index in [-0.39, 0.29) is 0 Å². The molecule has 1 aromatic rings. The number of anilines is 2. The SMILES string of the molecule is Cc1nn(C)c(NCC2CCCN2C)c1N. The molecule has 0 spiro atoms. The molecule has 2 heterocycles. The van der Waals surface area contributed by atoms with Gasteiger partial charge in [-0.2, -0.15) is 5.10 Å². The molecule has 5 heteroatoms. The van der Waals surface area contributed by atoms with Crippen LogP contribution in [0.15, 0.2) is 0 Å². The third kappa shape index (κ3) is 2.00. The van der Waals surface area contributed by atoms with Crippen molar-refractivity contribution in [2.45, 2.75) is 25.8 Å². The van der Waals surface area contributed by atoms with Crippen molar-refractivity contribution in [1.29, 1.82) is 0 Å². The van der Waals surface area contributed by atoms with Crippen LogP contribution in [0.25, 0.3) is 0 Å². The molecule has 2 rings (SSSR count). The minimum Gasteiger partial charge on any atom is -0.394 e. The molecule has 0 saturated carbocycles. The lowest BCUT2D eigenvalue weighted by Gasteiger charge is -2.20. The summed E-state index contributed by atoms with van der Waals surface area (Å²) in [4.78, 5) is 2.40. The van der Waals surface area contributed by atoms with Crippen LogP contribution >= 0.6 is 0 Å². The Morgan fingerprint density at radius 1 is 1.50 bits per heavy atom. The van der Waals surface area contributed by atoms with Crippen LogP contribution in [0.1, 0.15) is 18.5 Å². The fraction of sp³-hybridized carbons (Fsp3) is 0.727. The zero-order chi connectivity index (χ0) is 11.7. The summed E-state index contributed by atoms with van der Waals surface area (Å²) in [6.45, 7) is 4.08. The maximum atomic E-state index is 5.96. The van der Waals surface area contributed by atoms with E-state index < -0.39 is 0 Å². The van der Waals surface area contributed by atoms with Crippen LogP contribution in [-0.4, -0.2) is 40.9 Å². The number of aromatic nitrogens is 2. The van der Waals surface area contributed by atoms with Crippen molar-refractivity contribution in [2.24, 2.45) is 7.05 Å². The molecule has 1 aliphatic heterocycles. The van der Waals surface area contributed by atoms with E-state index in [9.17, 15) is 0 Å². The Labute approximate surface area is 96.6 Å². The predicted molar refractivity (Wildman–Crippen MR) is 66.5 cm³/mol. The highest BCUT2D eigenvalue weighted by molar-refractivity contribution is 5.64. The van der Waals surface area contributed by atoms with Crippen molar-refractivity contribution < 1.29 is 0 Å². The molecule has 1 aromatic heterocycles. The Morgan fingerprint density at radius 3 is 2.75 bits per heavy atom. The van der Waals surface area contributed by atoms with Crippen molar-refractivity contribution in [1.82, 2.24) is 14.7 Å².